The summed E-state index contributed by atoms with van der Waals surface area (Å²) < 4.78 is 11.4. The minimum Gasteiger partial charge on any atom is -0.508 e. The molecule has 0 amide bonds. The van der Waals surface area contributed by atoms with Crippen LogP contribution in [0.3, 0.4) is 0 Å². The number of hydrogen-bond acceptors (Lipinski definition) is 4. The van der Waals surface area contributed by atoms with E-state index in [1.54, 1.807) is 13.2 Å². The lowest BCUT2D eigenvalue weighted by molar-refractivity contribution is 0.0849. The van der Waals surface area contributed by atoms with E-state index in [0.29, 0.717) is 11.3 Å². The molecule has 1 atom stereocenters. The van der Waals surface area contributed by atoms with Crippen molar-refractivity contribution in [2.75, 3.05) is 7.11 Å². The third-order valence-corrected chi connectivity index (χ3v) is 4.31. The van der Waals surface area contributed by atoms with Crippen molar-refractivity contribution < 1.29 is 19.4 Å². The molecule has 0 aromatic heterocycles. The minimum atomic E-state index is -0.363. The molecule has 0 saturated heterocycles. The largest absolute Gasteiger partial charge is 0.508 e. The smallest absolute Gasteiger partial charge is 0.170 e. The summed E-state index contributed by atoms with van der Waals surface area (Å²) in [7, 11) is 1.65. The van der Waals surface area contributed by atoms with Crippen LogP contribution in [0.2, 0.25) is 0 Å². The first-order chi connectivity index (χ1) is 12.0. The van der Waals surface area contributed by atoms with E-state index < -0.39 is 0 Å². The number of Topliss-reactive ketones (excluding diaryl/α,β-unsaturated/α-hetero) is 1. The maximum atomic E-state index is 12.4. The minimum absolute atomic E-state index is 0.0212. The first-order valence-corrected chi connectivity index (χ1v) is 8.31. The normalized spacial score (nSPS) is 16.0. The average molecular weight is 338 g/mol. The van der Waals surface area contributed by atoms with Gasteiger partial charge >= 0.3 is 0 Å². The number of hydrogen-bond donors (Lipinski definition) is 1. The van der Waals surface area contributed by atoms with Crippen molar-refractivity contribution in [2.45, 2.75) is 32.8 Å². The number of carbonyl (C=O) groups is 1. The van der Waals surface area contributed by atoms with Crippen LogP contribution in [0.4, 0.5) is 0 Å². The van der Waals surface area contributed by atoms with Crippen LogP contribution in [-0.2, 0) is 6.42 Å². The van der Waals surface area contributed by atoms with Gasteiger partial charge in [0.05, 0.1) is 19.1 Å². The number of aromatic hydroxyl groups is 1. The Balaban J connectivity index is 1.93. The molecule has 0 spiro atoms. The number of ketones is 1. The molecule has 4 nitrogen and oxygen atoms in total. The molecular formula is C21H22O4. The predicted molar refractivity (Wildman–Crippen MR) is 96.6 cm³/mol. The van der Waals surface area contributed by atoms with E-state index in [0.717, 1.165) is 23.3 Å². The Kier molecular flexibility index (Phi) is 4.79. The molecule has 0 radical (unpaired) electrons. The molecule has 1 N–H and O–H groups in total. The molecule has 1 heterocycles. The van der Waals surface area contributed by atoms with E-state index >= 15 is 0 Å². The molecule has 0 saturated carbocycles. The van der Waals surface area contributed by atoms with Crippen LogP contribution >= 0.6 is 0 Å². The first-order valence-electron chi connectivity index (χ1n) is 8.31. The highest BCUT2D eigenvalue weighted by Crippen LogP contribution is 2.37. The molecular weight excluding hydrogens is 316 g/mol. The van der Waals surface area contributed by atoms with E-state index in [2.05, 4.69) is 19.9 Å². The number of benzene rings is 2. The Morgan fingerprint density at radius 2 is 2.08 bits per heavy atom. The van der Waals surface area contributed by atoms with Crippen molar-refractivity contribution in [3.05, 3.63) is 64.7 Å². The van der Waals surface area contributed by atoms with Crippen LogP contribution in [0.5, 0.6) is 17.2 Å². The Morgan fingerprint density at radius 1 is 1.28 bits per heavy atom. The summed E-state index contributed by atoms with van der Waals surface area (Å²) in [5.74, 6) is 1.36. The molecule has 4 heteroatoms. The fourth-order valence-corrected chi connectivity index (χ4v) is 2.97. The molecule has 3 rings (SSSR count). The standard InChI is InChI=1S/C21H22O4/c1-13(2)4-5-14-10-15(6-9-19(14)24-3)20-12-18(23)17-8-7-16(22)11-21(17)25-20/h4,6-11,20,22H,5,12H2,1-3H3/t20-/m0/s1. The fraction of sp³-hybridized carbons (Fsp3) is 0.286. The van der Waals surface area contributed by atoms with Gasteiger partial charge < -0.3 is 14.6 Å². The van der Waals surface area contributed by atoms with Gasteiger partial charge in [0.1, 0.15) is 23.4 Å². The lowest BCUT2D eigenvalue weighted by Crippen LogP contribution is -2.20. The zero-order chi connectivity index (χ0) is 18.0. The first kappa shape index (κ1) is 17.1. The maximum absolute atomic E-state index is 12.4. The van der Waals surface area contributed by atoms with Crippen LogP contribution in [0.1, 0.15) is 47.9 Å². The van der Waals surface area contributed by atoms with Crippen molar-refractivity contribution in [1.82, 2.24) is 0 Å². The third-order valence-electron chi connectivity index (χ3n) is 4.31. The number of phenolic OH excluding ortho intramolecular Hbond substituents is 1. The zero-order valence-electron chi connectivity index (χ0n) is 14.7. The Morgan fingerprint density at radius 3 is 2.80 bits per heavy atom. The monoisotopic (exact) mass is 338 g/mol. The third kappa shape index (κ3) is 3.68. The van der Waals surface area contributed by atoms with Crippen LogP contribution in [0.25, 0.3) is 0 Å². The summed E-state index contributed by atoms with van der Waals surface area (Å²) in [5, 5.41) is 9.65. The SMILES string of the molecule is COc1ccc([C@@H]2CC(=O)c3ccc(O)cc3O2)cc1CC=C(C)C. The van der Waals surface area contributed by atoms with Crippen LogP contribution < -0.4 is 9.47 Å². The van der Waals surface area contributed by atoms with Crippen LogP contribution in [-0.4, -0.2) is 18.0 Å². The number of allylic oxidation sites excluding steroid dienone is 2. The van der Waals surface area contributed by atoms with E-state index in [1.165, 1.54) is 17.7 Å². The van der Waals surface area contributed by atoms with Gasteiger partial charge in [-0.3, -0.25) is 4.79 Å². The van der Waals surface area contributed by atoms with Gasteiger partial charge in [-0.25, -0.2) is 0 Å². The van der Waals surface area contributed by atoms with Crippen LogP contribution in [0, 0.1) is 0 Å². The van der Waals surface area contributed by atoms with Crippen molar-refractivity contribution in [3.8, 4) is 17.2 Å². The maximum Gasteiger partial charge on any atom is 0.170 e. The topological polar surface area (TPSA) is 55.8 Å². The number of fused-ring (bicyclic) bond motifs is 1. The summed E-state index contributed by atoms with van der Waals surface area (Å²) in [4.78, 5) is 12.4. The molecule has 0 aliphatic carbocycles. The molecule has 0 bridgehead atoms. The molecule has 1 aliphatic heterocycles. The highest BCUT2D eigenvalue weighted by atomic mass is 16.5. The van der Waals surface area contributed by atoms with Crippen molar-refractivity contribution in [1.29, 1.82) is 0 Å². The summed E-state index contributed by atoms with van der Waals surface area (Å²) in [6, 6.07) is 10.5. The summed E-state index contributed by atoms with van der Waals surface area (Å²) in [6.07, 6.45) is 2.82. The highest BCUT2D eigenvalue weighted by Gasteiger charge is 2.28. The van der Waals surface area contributed by atoms with Gasteiger partial charge in [-0.05, 0) is 55.7 Å². The predicted octanol–water partition coefficient (Wildman–Crippen LogP) is 4.62. The van der Waals surface area contributed by atoms with Crippen molar-refractivity contribution in [2.24, 2.45) is 0 Å². The molecule has 0 unspecified atom stereocenters. The number of rotatable bonds is 4. The zero-order valence-corrected chi connectivity index (χ0v) is 14.7. The van der Waals surface area contributed by atoms with Crippen molar-refractivity contribution >= 4 is 5.78 Å². The molecule has 130 valence electrons. The average Bonchev–Trinajstić information content (AvgIpc) is 2.59. The number of phenols is 1. The second kappa shape index (κ2) is 7.01. The lowest BCUT2D eigenvalue weighted by Gasteiger charge is -2.26. The number of ether oxygens (including phenoxy) is 2. The molecule has 2 aromatic rings. The van der Waals surface area contributed by atoms with Gasteiger partial charge in [0.15, 0.2) is 5.78 Å². The Bertz CT molecular complexity index is 832. The summed E-state index contributed by atoms with van der Waals surface area (Å²) in [5.41, 5.74) is 3.74. The Hall–Kier alpha value is -2.75. The second-order valence-electron chi connectivity index (χ2n) is 6.47. The number of carbonyl (C=O) groups excluding carboxylic acids is 1. The van der Waals surface area contributed by atoms with E-state index in [1.807, 2.05) is 18.2 Å². The van der Waals surface area contributed by atoms with E-state index in [-0.39, 0.29) is 24.1 Å². The number of methoxy groups -OCH3 is 1. The van der Waals surface area contributed by atoms with Gasteiger partial charge in [0.2, 0.25) is 0 Å². The van der Waals surface area contributed by atoms with Gasteiger partial charge in [0, 0.05) is 6.07 Å². The molecule has 0 fully saturated rings. The van der Waals surface area contributed by atoms with E-state index in [4.69, 9.17) is 9.47 Å². The second-order valence-corrected chi connectivity index (χ2v) is 6.47. The molecule has 1 aliphatic rings. The van der Waals surface area contributed by atoms with Gasteiger partial charge in [-0.1, -0.05) is 17.7 Å². The molecule has 25 heavy (non-hydrogen) atoms. The summed E-state index contributed by atoms with van der Waals surface area (Å²) >= 11 is 0. The van der Waals surface area contributed by atoms with Crippen molar-refractivity contribution in [3.63, 3.8) is 0 Å². The van der Waals surface area contributed by atoms with Gasteiger partial charge in [0.25, 0.3) is 0 Å². The summed E-state index contributed by atoms with van der Waals surface area (Å²) in [6.45, 7) is 4.12. The fourth-order valence-electron chi connectivity index (χ4n) is 2.97. The van der Waals surface area contributed by atoms with Gasteiger partial charge in [-0.2, -0.15) is 0 Å². The van der Waals surface area contributed by atoms with Crippen LogP contribution in [0.15, 0.2) is 48.0 Å². The van der Waals surface area contributed by atoms with Gasteiger partial charge in [-0.15, -0.1) is 0 Å². The highest BCUT2D eigenvalue weighted by molar-refractivity contribution is 6.00. The Labute approximate surface area is 147 Å². The van der Waals surface area contributed by atoms with E-state index in [9.17, 15) is 9.90 Å². The molecule has 2 aromatic carbocycles. The quantitative estimate of drug-likeness (QED) is 0.827. The lowest BCUT2D eigenvalue weighted by atomic mass is 9.94.